The van der Waals surface area contributed by atoms with Crippen LogP contribution >= 0.6 is 0 Å². The van der Waals surface area contributed by atoms with Crippen LogP contribution in [-0.2, 0) is 11.3 Å². The molecular weight excluding hydrogens is 290 g/mol. The smallest absolute Gasteiger partial charge is 0.390 e. The average Bonchev–Trinajstić information content (AvgIpc) is 2.80. The molecule has 9 nitrogen and oxygen atoms in total. The Morgan fingerprint density at radius 1 is 1.32 bits per heavy atom. The Labute approximate surface area is 125 Å². The first-order valence-electron chi connectivity index (χ1n) is 6.33. The van der Waals surface area contributed by atoms with Crippen molar-refractivity contribution in [2.24, 2.45) is 0 Å². The molecule has 1 N–H and O–H groups in total. The Hall–Kier alpha value is -3.10. The monoisotopic (exact) mass is 303 g/mol. The quantitative estimate of drug-likeness (QED) is 0.505. The molecule has 2 aromatic rings. The van der Waals surface area contributed by atoms with E-state index in [9.17, 15) is 19.7 Å². The molecular formula is C13H13N5O4. The van der Waals surface area contributed by atoms with Gasteiger partial charge in [0.2, 0.25) is 11.7 Å². The van der Waals surface area contributed by atoms with Gasteiger partial charge >= 0.3 is 5.95 Å². The van der Waals surface area contributed by atoms with Crippen LogP contribution in [-0.4, -0.2) is 31.4 Å². The highest BCUT2D eigenvalue weighted by Crippen LogP contribution is 2.12. The summed E-state index contributed by atoms with van der Waals surface area (Å²) < 4.78 is 1.18. The molecule has 0 radical (unpaired) electrons. The zero-order chi connectivity index (χ0) is 16.3. The molecule has 1 aromatic heterocycles. The Morgan fingerprint density at radius 2 is 1.95 bits per heavy atom. The van der Waals surface area contributed by atoms with Gasteiger partial charge in [0.15, 0.2) is 5.78 Å². The van der Waals surface area contributed by atoms with Crippen molar-refractivity contribution in [2.45, 2.75) is 20.4 Å². The second-order valence-electron chi connectivity index (χ2n) is 4.56. The molecule has 1 amide bonds. The van der Waals surface area contributed by atoms with Gasteiger partial charge in [-0.1, -0.05) is 0 Å². The predicted molar refractivity (Wildman–Crippen MR) is 76.5 cm³/mol. The highest BCUT2D eigenvalue weighted by Gasteiger charge is 2.20. The molecule has 0 spiro atoms. The van der Waals surface area contributed by atoms with Crippen LogP contribution in [0.2, 0.25) is 0 Å². The molecule has 0 saturated carbocycles. The first-order chi connectivity index (χ1) is 10.4. The van der Waals surface area contributed by atoms with Crippen LogP contribution in [0.25, 0.3) is 0 Å². The summed E-state index contributed by atoms with van der Waals surface area (Å²) in [6.07, 6.45) is 0. The lowest BCUT2D eigenvalue weighted by Gasteiger charge is -2.03. The minimum absolute atomic E-state index is 0.147. The third-order valence-corrected chi connectivity index (χ3v) is 2.83. The van der Waals surface area contributed by atoms with Crippen molar-refractivity contribution in [3.63, 3.8) is 0 Å². The number of anilines is 1. The van der Waals surface area contributed by atoms with Gasteiger partial charge in [-0.3, -0.25) is 9.59 Å². The van der Waals surface area contributed by atoms with E-state index in [2.05, 4.69) is 15.4 Å². The molecule has 22 heavy (non-hydrogen) atoms. The zero-order valence-corrected chi connectivity index (χ0v) is 11.9. The van der Waals surface area contributed by atoms with Gasteiger partial charge in [0.1, 0.15) is 6.54 Å². The van der Waals surface area contributed by atoms with E-state index in [0.29, 0.717) is 11.3 Å². The lowest BCUT2D eigenvalue weighted by molar-refractivity contribution is -0.394. The standard InChI is InChI=1S/C13H13N5O4/c1-8-14-13(18(21)22)16-17(8)7-12(20)10-3-5-11(6-4-10)15-9(2)19/h3-6H,7H2,1-2H3,(H,15,19). The van der Waals surface area contributed by atoms with Crippen LogP contribution in [0.4, 0.5) is 11.6 Å². The number of nitro groups is 1. The van der Waals surface area contributed by atoms with Crippen LogP contribution in [0.5, 0.6) is 0 Å². The third-order valence-electron chi connectivity index (χ3n) is 2.83. The number of Topliss-reactive ketones (excluding diaryl/α,β-unsaturated/α-hetero) is 1. The molecule has 0 unspecified atom stereocenters. The summed E-state index contributed by atoms with van der Waals surface area (Å²) in [4.78, 5) is 36.6. The number of carbonyl (C=O) groups is 2. The summed E-state index contributed by atoms with van der Waals surface area (Å²) in [6.45, 7) is 2.78. The van der Waals surface area contributed by atoms with E-state index in [1.54, 1.807) is 24.3 Å². The van der Waals surface area contributed by atoms with Crippen LogP contribution in [0, 0.1) is 17.0 Å². The van der Waals surface area contributed by atoms with Crippen LogP contribution in [0.1, 0.15) is 23.1 Å². The number of hydrogen-bond acceptors (Lipinski definition) is 6. The average molecular weight is 303 g/mol. The summed E-state index contributed by atoms with van der Waals surface area (Å²) in [5.74, 6) is -0.719. The molecule has 114 valence electrons. The normalized spacial score (nSPS) is 10.3. The van der Waals surface area contributed by atoms with Gasteiger partial charge in [0.25, 0.3) is 0 Å². The summed E-state index contributed by atoms with van der Waals surface area (Å²) in [6, 6.07) is 6.33. The summed E-state index contributed by atoms with van der Waals surface area (Å²) >= 11 is 0. The number of nitrogens with one attached hydrogen (secondary N) is 1. The van der Waals surface area contributed by atoms with E-state index in [1.165, 1.54) is 18.5 Å². The van der Waals surface area contributed by atoms with Crippen molar-refractivity contribution in [3.05, 3.63) is 45.8 Å². The molecule has 1 aromatic carbocycles. The molecule has 0 bridgehead atoms. The second kappa shape index (κ2) is 6.12. The van der Waals surface area contributed by atoms with Crippen molar-refractivity contribution in [3.8, 4) is 0 Å². The third kappa shape index (κ3) is 3.51. The summed E-state index contributed by atoms with van der Waals surface area (Å²) in [5, 5.41) is 16.8. The van der Waals surface area contributed by atoms with Crippen LogP contribution < -0.4 is 5.32 Å². The van der Waals surface area contributed by atoms with Gasteiger partial charge in [-0.05, 0) is 34.2 Å². The Bertz CT molecular complexity index is 735. The van der Waals surface area contributed by atoms with Crippen molar-refractivity contribution in [2.75, 3.05) is 5.32 Å². The van der Waals surface area contributed by atoms with Crippen molar-refractivity contribution >= 4 is 23.3 Å². The fourth-order valence-corrected chi connectivity index (χ4v) is 1.80. The Balaban J connectivity index is 2.12. The summed E-state index contributed by atoms with van der Waals surface area (Å²) in [7, 11) is 0. The molecule has 0 aliphatic carbocycles. The largest absolute Gasteiger partial charge is 0.491 e. The van der Waals surface area contributed by atoms with Crippen LogP contribution in [0.3, 0.4) is 0 Å². The topological polar surface area (TPSA) is 120 Å². The maximum Gasteiger partial charge on any atom is 0.491 e. The number of amides is 1. The van der Waals surface area contributed by atoms with E-state index < -0.39 is 10.9 Å². The molecule has 2 rings (SSSR count). The molecule has 9 heteroatoms. The Morgan fingerprint density at radius 3 is 2.45 bits per heavy atom. The molecule has 0 fully saturated rings. The maximum absolute atomic E-state index is 12.1. The van der Waals surface area contributed by atoms with E-state index in [1.807, 2.05) is 0 Å². The van der Waals surface area contributed by atoms with E-state index >= 15 is 0 Å². The van der Waals surface area contributed by atoms with Crippen molar-refractivity contribution in [1.82, 2.24) is 14.8 Å². The number of carbonyl (C=O) groups excluding carboxylic acids is 2. The predicted octanol–water partition coefficient (Wildman–Crippen LogP) is 1.34. The van der Waals surface area contributed by atoms with Gasteiger partial charge in [0.05, 0.1) is 0 Å². The van der Waals surface area contributed by atoms with Crippen molar-refractivity contribution in [1.29, 1.82) is 0 Å². The lowest BCUT2D eigenvalue weighted by Crippen LogP contribution is -2.13. The molecule has 0 saturated heterocycles. The highest BCUT2D eigenvalue weighted by molar-refractivity contribution is 5.96. The van der Waals surface area contributed by atoms with E-state index in [0.717, 1.165) is 0 Å². The van der Waals surface area contributed by atoms with Gasteiger partial charge in [-0.15, -0.1) is 0 Å². The fourth-order valence-electron chi connectivity index (χ4n) is 1.80. The number of benzene rings is 1. The molecule has 0 atom stereocenters. The van der Waals surface area contributed by atoms with Crippen LogP contribution in [0.15, 0.2) is 24.3 Å². The minimum atomic E-state index is -0.712. The number of aryl methyl sites for hydroxylation is 1. The van der Waals surface area contributed by atoms with Gasteiger partial charge in [0, 0.05) is 30.2 Å². The number of hydrogen-bond donors (Lipinski definition) is 1. The minimum Gasteiger partial charge on any atom is -0.390 e. The summed E-state index contributed by atoms with van der Waals surface area (Å²) in [5.41, 5.74) is 0.989. The number of nitrogens with zero attached hydrogens (tertiary/aromatic N) is 4. The maximum atomic E-state index is 12.1. The first kappa shape index (κ1) is 15.3. The molecule has 0 aliphatic heterocycles. The number of rotatable bonds is 5. The highest BCUT2D eigenvalue weighted by atomic mass is 16.6. The lowest BCUT2D eigenvalue weighted by atomic mass is 10.1. The second-order valence-corrected chi connectivity index (χ2v) is 4.56. The molecule has 1 heterocycles. The zero-order valence-electron chi connectivity index (χ0n) is 11.9. The SMILES string of the molecule is CC(=O)Nc1ccc(C(=O)Cn2nc([N+](=O)[O-])nc2C)cc1. The molecule has 0 aliphatic rings. The van der Waals surface area contributed by atoms with E-state index in [-0.39, 0.29) is 24.1 Å². The van der Waals surface area contributed by atoms with Gasteiger partial charge in [-0.2, -0.15) is 4.68 Å². The van der Waals surface area contributed by atoms with Gasteiger partial charge in [-0.25, -0.2) is 0 Å². The fraction of sp³-hybridized carbons (Fsp3) is 0.231. The number of aromatic nitrogens is 3. The van der Waals surface area contributed by atoms with Crippen molar-refractivity contribution < 1.29 is 14.5 Å². The van der Waals surface area contributed by atoms with Gasteiger partial charge < -0.3 is 15.4 Å². The first-order valence-corrected chi connectivity index (χ1v) is 6.33. The number of ketones is 1. The Kier molecular flexibility index (Phi) is 4.25. The van der Waals surface area contributed by atoms with E-state index in [4.69, 9.17) is 0 Å².